The summed E-state index contributed by atoms with van der Waals surface area (Å²) in [5.74, 6) is 0.00152. The van der Waals surface area contributed by atoms with Crippen molar-refractivity contribution < 1.29 is 9.53 Å². The van der Waals surface area contributed by atoms with Crippen molar-refractivity contribution in [1.82, 2.24) is 10.6 Å². The van der Waals surface area contributed by atoms with Crippen LogP contribution in [0.2, 0.25) is 0 Å². The maximum Gasteiger partial charge on any atom is 0.227 e. The zero-order chi connectivity index (χ0) is 14.7. The number of carbonyl (C=O) groups excluding carboxylic acids is 1. The van der Waals surface area contributed by atoms with Crippen molar-refractivity contribution >= 4 is 17.2 Å². The third-order valence-electron chi connectivity index (χ3n) is 3.79. The van der Waals surface area contributed by atoms with Crippen molar-refractivity contribution in [2.24, 2.45) is 5.92 Å². The predicted octanol–water partition coefficient (Wildman–Crippen LogP) is 2.17. The Labute approximate surface area is 124 Å². The average molecular weight is 296 g/mol. The number of hydrogen-bond donors (Lipinski definition) is 2. The molecule has 0 saturated carbocycles. The van der Waals surface area contributed by atoms with Crippen LogP contribution >= 0.6 is 11.3 Å². The second kappa shape index (κ2) is 6.70. The lowest BCUT2D eigenvalue weighted by Crippen LogP contribution is -2.44. The topological polar surface area (TPSA) is 50.4 Å². The Morgan fingerprint density at radius 3 is 2.85 bits per heavy atom. The summed E-state index contributed by atoms with van der Waals surface area (Å²) >= 11 is 1.78. The Hall–Kier alpha value is -0.910. The zero-order valence-electron chi connectivity index (χ0n) is 12.7. The van der Waals surface area contributed by atoms with E-state index in [1.807, 2.05) is 13.8 Å². The first-order valence-electron chi connectivity index (χ1n) is 7.21. The van der Waals surface area contributed by atoms with Crippen LogP contribution in [0.5, 0.6) is 0 Å². The van der Waals surface area contributed by atoms with Crippen molar-refractivity contribution in [3.63, 3.8) is 0 Å². The average Bonchev–Trinajstić information content (AvgIpc) is 2.96. The molecule has 3 atom stereocenters. The molecule has 1 aliphatic rings. The number of hydrogen-bond acceptors (Lipinski definition) is 4. The molecule has 0 aromatic carbocycles. The normalized spacial score (nSPS) is 23.8. The van der Waals surface area contributed by atoms with Gasteiger partial charge in [-0.1, -0.05) is 6.92 Å². The Kier molecular flexibility index (Phi) is 5.18. The summed E-state index contributed by atoms with van der Waals surface area (Å²) in [6.45, 7) is 10.3. The van der Waals surface area contributed by atoms with Crippen LogP contribution < -0.4 is 10.6 Å². The number of ether oxygens (including phenoxy) is 1. The standard InChI is InChI=1S/C15H24N2O2S/c1-5-16-14-8-19-7-13(14)15(18)17-10(3)12-6-9(2)20-11(12)4/h6,10,13-14,16H,5,7-8H2,1-4H3,(H,17,18). The highest BCUT2D eigenvalue weighted by molar-refractivity contribution is 7.12. The molecule has 1 aromatic heterocycles. The number of aryl methyl sites for hydroxylation is 2. The molecule has 20 heavy (non-hydrogen) atoms. The van der Waals surface area contributed by atoms with E-state index < -0.39 is 0 Å². The lowest BCUT2D eigenvalue weighted by molar-refractivity contribution is -0.126. The highest BCUT2D eigenvalue weighted by atomic mass is 32.1. The Morgan fingerprint density at radius 1 is 1.50 bits per heavy atom. The fraction of sp³-hybridized carbons (Fsp3) is 0.667. The van der Waals surface area contributed by atoms with E-state index in [4.69, 9.17) is 4.74 Å². The summed E-state index contributed by atoms with van der Waals surface area (Å²) in [6, 6.07) is 2.35. The van der Waals surface area contributed by atoms with E-state index in [0.717, 1.165) is 6.54 Å². The predicted molar refractivity (Wildman–Crippen MR) is 82.1 cm³/mol. The third kappa shape index (κ3) is 3.40. The minimum Gasteiger partial charge on any atom is -0.379 e. The van der Waals surface area contributed by atoms with Gasteiger partial charge in [-0.15, -0.1) is 11.3 Å². The number of thiophene rings is 1. The Morgan fingerprint density at radius 2 is 2.25 bits per heavy atom. The lowest BCUT2D eigenvalue weighted by Gasteiger charge is -2.21. The van der Waals surface area contributed by atoms with E-state index in [0.29, 0.717) is 13.2 Å². The lowest BCUT2D eigenvalue weighted by atomic mass is 10.0. The van der Waals surface area contributed by atoms with E-state index in [1.54, 1.807) is 11.3 Å². The van der Waals surface area contributed by atoms with E-state index in [1.165, 1.54) is 15.3 Å². The molecule has 0 aliphatic carbocycles. The van der Waals surface area contributed by atoms with Crippen LogP contribution in [0.3, 0.4) is 0 Å². The monoisotopic (exact) mass is 296 g/mol. The molecule has 2 N–H and O–H groups in total. The van der Waals surface area contributed by atoms with Crippen LogP contribution in [0.25, 0.3) is 0 Å². The molecular formula is C15H24N2O2S. The smallest absolute Gasteiger partial charge is 0.227 e. The highest BCUT2D eigenvalue weighted by Gasteiger charge is 2.34. The third-order valence-corrected chi connectivity index (χ3v) is 4.77. The number of nitrogens with one attached hydrogen (secondary N) is 2. The van der Waals surface area contributed by atoms with E-state index in [9.17, 15) is 4.79 Å². The quantitative estimate of drug-likeness (QED) is 0.875. The second-order valence-electron chi connectivity index (χ2n) is 5.41. The molecule has 2 rings (SSSR count). The number of amides is 1. The van der Waals surface area contributed by atoms with Gasteiger partial charge in [0.2, 0.25) is 5.91 Å². The van der Waals surface area contributed by atoms with Gasteiger partial charge >= 0.3 is 0 Å². The van der Waals surface area contributed by atoms with Gasteiger partial charge in [0.25, 0.3) is 0 Å². The summed E-state index contributed by atoms with van der Waals surface area (Å²) < 4.78 is 5.44. The number of carbonyl (C=O) groups is 1. The van der Waals surface area contributed by atoms with Crippen LogP contribution in [0.15, 0.2) is 6.07 Å². The SMILES string of the molecule is CCNC1COCC1C(=O)NC(C)c1cc(C)sc1C. The summed E-state index contributed by atoms with van der Waals surface area (Å²) in [7, 11) is 0. The van der Waals surface area contributed by atoms with Crippen LogP contribution in [-0.4, -0.2) is 31.7 Å². The maximum atomic E-state index is 12.4. The van der Waals surface area contributed by atoms with Crippen LogP contribution in [-0.2, 0) is 9.53 Å². The van der Waals surface area contributed by atoms with Crippen molar-refractivity contribution in [2.45, 2.75) is 39.8 Å². The van der Waals surface area contributed by atoms with Crippen molar-refractivity contribution in [2.75, 3.05) is 19.8 Å². The highest BCUT2D eigenvalue weighted by Crippen LogP contribution is 2.26. The largest absolute Gasteiger partial charge is 0.379 e. The second-order valence-corrected chi connectivity index (χ2v) is 6.87. The van der Waals surface area contributed by atoms with Gasteiger partial charge in [-0.25, -0.2) is 0 Å². The molecule has 1 amide bonds. The summed E-state index contributed by atoms with van der Waals surface area (Å²) in [5.41, 5.74) is 1.22. The Bertz CT molecular complexity index is 472. The van der Waals surface area contributed by atoms with Gasteiger partial charge < -0.3 is 15.4 Å². The molecule has 5 heteroatoms. The number of rotatable bonds is 5. The molecule has 2 heterocycles. The van der Waals surface area contributed by atoms with Gasteiger partial charge in [0.15, 0.2) is 0 Å². The van der Waals surface area contributed by atoms with Crippen molar-refractivity contribution in [3.8, 4) is 0 Å². The maximum absolute atomic E-state index is 12.4. The van der Waals surface area contributed by atoms with Gasteiger partial charge in [-0.2, -0.15) is 0 Å². The minimum absolute atomic E-state index is 0.0512. The van der Waals surface area contributed by atoms with Crippen LogP contribution in [0, 0.1) is 19.8 Å². The molecule has 0 radical (unpaired) electrons. The van der Waals surface area contributed by atoms with E-state index in [-0.39, 0.29) is 23.9 Å². The van der Waals surface area contributed by atoms with Gasteiger partial charge in [-0.05, 0) is 38.9 Å². The van der Waals surface area contributed by atoms with Crippen molar-refractivity contribution in [1.29, 1.82) is 0 Å². The van der Waals surface area contributed by atoms with Crippen LogP contribution in [0.1, 0.15) is 35.2 Å². The zero-order valence-corrected chi connectivity index (χ0v) is 13.5. The molecule has 0 bridgehead atoms. The molecule has 1 aromatic rings. The van der Waals surface area contributed by atoms with Gasteiger partial charge in [-0.3, -0.25) is 4.79 Å². The minimum atomic E-state index is -0.0857. The molecule has 1 fully saturated rings. The first kappa shape index (κ1) is 15.5. The molecule has 0 spiro atoms. The first-order valence-corrected chi connectivity index (χ1v) is 8.03. The summed E-state index contributed by atoms with van der Waals surface area (Å²) in [5, 5.41) is 6.45. The van der Waals surface area contributed by atoms with Gasteiger partial charge in [0.05, 0.1) is 25.2 Å². The molecule has 3 unspecified atom stereocenters. The molecule has 4 nitrogen and oxygen atoms in total. The Balaban J connectivity index is 1.98. The molecule has 1 saturated heterocycles. The van der Waals surface area contributed by atoms with Crippen molar-refractivity contribution in [3.05, 3.63) is 21.4 Å². The van der Waals surface area contributed by atoms with Gasteiger partial charge in [0.1, 0.15) is 0 Å². The summed E-state index contributed by atoms with van der Waals surface area (Å²) in [6.07, 6.45) is 0. The fourth-order valence-electron chi connectivity index (χ4n) is 2.75. The summed E-state index contributed by atoms with van der Waals surface area (Å²) in [4.78, 5) is 15.0. The van der Waals surface area contributed by atoms with Crippen LogP contribution in [0.4, 0.5) is 0 Å². The van der Waals surface area contributed by atoms with Gasteiger partial charge in [0, 0.05) is 15.8 Å². The van der Waals surface area contributed by atoms with E-state index in [2.05, 4.69) is 30.5 Å². The van der Waals surface area contributed by atoms with E-state index >= 15 is 0 Å². The molecule has 112 valence electrons. The molecular weight excluding hydrogens is 272 g/mol. The first-order chi connectivity index (χ1) is 9.52. The molecule has 1 aliphatic heterocycles. The fourth-order valence-corrected chi connectivity index (χ4v) is 3.78. The number of likely N-dealkylation sites (N-methyl/N-ethyl adjacent to an activating group) is 1.